The Morgan fingerprint density at radius 2 is 2.50 bits per heavy atom. The Hall–Kier alpha value is -1.13. The number of nitrogens with zero attached hydrogens (tertiary/aromatic N) is 1. The molecule has 0 aliphatic rings. The molecule has 0 saturated heterocycles. The molecule has 1 unspecified atom stereocenters. The topological polar surface area (TPSA) is 46.3 Å². The zero-order valence-corrected chi connectivity index (χ0v) is 8.62. The van der Waals surface area contributed by atoms with E-state index in [9.17, 15) is 5.11 Å². The molecule has 3 nitrogen and oxygen atoms in total. The average molecular weight is 209 g/mol. The average Bonchev–Trinajstić information content (AvgIpc) is 2.77. The summed E-state index contributed by atoms with van der Waals surface area (Å²) in [6, 6.07) is 3.55. The van der Waals surface area contributed by atoms with Gasteiger partial charge in [0.2, 0.25) is 0 Å². The number of aryl methyl sites for hydroxylation is 1. The summed E-state index contributed by atoms with van der Waals surface area (Å²) in [6.45, 7) is 1.95. The minimum absolute atomic E-state index is 0.566. The van der Waals surface area contributed by atoms with Crippen molar-refractivity contribution in [3.63, 3.8) is 0 Å². The van der Waals surface area contributed by atoms with E-state index in [0.717, 1.165) is 10.6 Å². The first kappa shape index (κ1) is 9.43. The van der Waals surface area contributed by atoms with Crippen LogP contribution in [-0.4, -0.2) is 10.1 Å². The molecule has 2 rings (SSSR count). The Morgan fingerprint density at radius 3 is 3.07 bits per heavy atom. The van der Waals surface area contributed by atoms with Gasteiger partial charge in [0.15, 0.2) is 0 Å². The van der Waals surface area contributed by atoms with E-state index in [-0.39, 0.29) is 0 Å². The number of aliphatic hydroxyl groups excluding tert-OH is 1. The molecule has 0 fully saturated rings. The van der Waals surface area contributed by atoms with Gasteiger partial charge in [0.05, 0.1) is 17.5 Å². The van der Waals surface area contributed by atoms with Crippen LogP contribution < -0.4 is 0 Å². The number of rotatable bonds is 3. The highest BCUT2D eigenvalue weighted by atomic mass is 32.1. The quantitative estimate of drug-likeness (QED) is 0.843. The van der Waals surface area contributed by atoms with Crippen molar-refractivity contribution >= 4 is 11.3 Å². The van der Waals surface area contributed by atoms with Crippen LogP contribution in [0.2, 0.25) is 0 Å². The van der Waals surface area contributed by atoms with Gasteiger partial charge in [-0.15, -0.1) is 11.3 Å². The van der Waals surface area contributed by atoms with Crippen molar-refractivity contribution in [3.8, 4) is 0 Å². The van der Waals surface area contributed by atoms with E-state index in [1.807, 2.05) is 6.92 Å². The molecule has 2 aromatic rings. The zero-order valence-electron chi connectivity index (χ0n) is 7.80. The Morgan fingerprint density at radius 1 is 1.64 bits per heavy atom. The molecule has 0 radical (unpaired) electrons. The van der Waals surface area contributed by atoms with Gasteiger partial charge < -0.3 is 9.52 Å². The van der Waals surface area contributed by atoms with E-state index in [2.05, 4.69) is 4.98 Å². The second kappa shape index (κ2) is 3.94. The van der Waals surface area contributed by atoms with Crippen LogP contribution in [0.3, 0.4) is 0 Å². The van der Waals surface area contributed by atoms with Crippen LogP contribution in [0.25, 0.3) is 0 Å². The fourth-order valence-corrected chi connectivity index (χ4v) is 2.09. The van der Waals surface area contributed by atoms with Gasteiger partial charge in [-0.2, -0.15) is 0 Å². The van der Waals surface area contributed by atoms with Crippen molar-refractivity contribution in [2.45, 2.75) is 19.4 Å². The van der Waals surface area contributed by atoms with Gasteiger partial charge in [0.25, 0.3) is 0 Å². The van der Waals surface area contributed by atoms with E-state index < -0.39 is 6.10 Å². The number of aromatic nitrogens is 1. The predicted octanol–water partition coefficient (Wildman–Crippen LogP) is 2.32. The lowest BCUT2D eigenvalue weighted by Crippen LogP contribution is -1.99. The molecule has 1 atom stereocenters. The second-order valence-corrected chi connectivity index (χ2v) is 4.04. The molecule has 1 N–H and O–H groups in total. The van der Waals surface area contributed by atoms with Crippen molar-refractivity contribution in [2.24, 2.45) is 0 Å². The van der Waals surface area contributed by atoms with Gasteiger partial charge in [-0.25, -0.2) is 4.98 Å². The minimum atomic E-state index is -0.566. The molecule has 0 aromatic carbocycles. The zero-order chi connectivity index (χ0) is 9.97. The van der Waals surface area contributed by atoms with E-state index >= 15 is 0 Å². The SMILES string of the molecule is Cc1ncsc1CC(O)c1ccco1. The molecular formula is C10H11NO2S. The fourth-order valence-electron chi connectivity index (χ4n) is 1.28. The second-order valence-electron chi connectivity index (χ2n) is 3.10. The molecule has 14 heavy (non-hydrogen) atoms. The molecular weight excluding hydrogens is 198 g/mol. The maximum absolute atomic E-state index is 9.79. The summed E-state index contributed by atoms with van der Waals surface area (Å²) >= 11 is 1.56. The first-order chi connectivity index (χ1) is 6.77. The number of thiazole rings is 1. The van der Waals surface area contributed by atoms with E-state index in [1.165, 1.54) is 0 Å². The molecule has 0 aliphatic carbocycles. The molecule has 4 heteroatoms. The fraction of sp³-hybridized carbons (Fsp3) is 0.300. The predicted molar refractivity (Wildman–Crippen MR) is 54.2 cm³/mol. The van der Waals surface area contributed by atoms with E-state index in [0.29, 0.717) is 12.2 Å². The van der Waals surface area contributed by atoms with Crippen molar-refractivity contribution in [2.75, 3.05) is 0 Å². The van der Waals surface area contributed by atoms with Gasteiger partial charge >= 0.3 is 0 Å². The van der Waals surface area contributed by atoms with Gasteiger partial charge in [0, 0.05) is 11.3 Å². The van der Waals surface area contributed by atoms with Crippen LogP contribution in [-0.2, 0) is 6.42 Å². The van der Waals surface area contributed by atoms with Crippen molar-refractivity contribution in [1.29, 1.82) is 0 Å². The molecule has 0 bridgehead atoms. The summed E-state index contributed by atoms with van der Waals surface area (Å²) in [5.41, 5.74) is 2.78. The first-order valence-corrected chi connectivity index (χ1v) is 5.26. The minimum Gasteiger partial charge on any atom is -0.467 e. The summed E-state index contributed by atoms with van der Waals surface area (Å²) in [5, 5.41) is 9.79. The lowest BCUT2D eigenvalue weighted by molar-refractivity contribution is 0.151. The maximum atomic E-state index is 9.79. The van der Waals surface area contributed by atoms with E-state index in [1.54, 1.807) is 35.2 Å². The number of furan rings is 1. The van der Waals surface area contributed by atoms with E-state index in [4.69, 9.17) is 4.42 Å². The van der Waals surface area contributed by atoms with Crippen LogP contribution in [0, 0.1) is 6.92 Å². The molecule has 0 aliphatic heterocycles. The van der Waals surface area contributed by atoms with Gasteiger partial charge in [0.1, 0.15) is 11.9 Å². The Labute approximate surface area is 86.0 Å². The van der Waals surface area contributed by atoms with Crippen LogP contribution >= 0.6 is 11.3 Å². The van der Waals surface area contributed by atoms with Crippen LogP contribution in [0.15, 0.2) is 28.3 Å². The normalized spacial score (nSPS) is 13.0. The van der Waals surface area contributed by atoms with Crippen LogP contribution in [0.4, 0.5) is 0 Å². The van der Waals surface area contributed by atoms with Crippen LogP contribution in [0.5, 0.6) is 0 Å². The van der Waals surface area contributed by atoms with Crippen LogP contribution in [0.1, 0.15) is 22.4 Å². The highest BCUT2D eigenvalue weighted by molar-refractivity contribution is 7.09. The highest BCUT2D eigenvalue weighted by Gasteiger charge is 2.13. The summed E-state index contributed by atoms with van der Waals surface area (Å²) < 4.78 is 5.12. The summed E-state index contributed by atoms with van der Waals surface area (Å²) in [7, 11) is 0. The molecule has 2 heterocycles. The largest absolute Gasteiger partial charge is 0.467 e. The monoisotopic (exact) mass is 209 g/mol. The van der Waals surface area contributed by atoms with Gasteiger partial charge in [-0.1, -0.05) is 0 Å². The van der Waals surface area contributed by atoms with Crippen molar-refractivity contribution < 1.29 is 9.52 Å². The molecule has 0 saturated carbocycles. The first-order valence-electron chi connectivity index (χ1n) is 4.38. The smallest absolute Gasteiger partial charge is 0.132 e. The van der Waals surface area contributed by atoms with Crippen molar-refractivity contribution in [3.05, 3.63) is 40.2 Å². The molecule has 0 spiro atoms. The Balaban J connectivity index is 2.09. The molecule has 2 aromatic heterocycles. The highest BCUT2D eigenvalue weighted by Crippen LogP contribution is 2.22. The van der Waals surface area contributed by atoms with Gasteiger partial charge in [-0.3, -0.25) is 0 Å². The molecule has 0 amide bonds. The third-order valence-corrected chi connectivity index (χ3v) is 3.05. The van der Waals surface area contributed by atoms with Gasteiger partial charge in [-0.05, 0) is 19.1 Å². The third kappa shape index (κ3) is 1.86. The maximum Gasteiger partial charge on any atom is 0.132 e. The number of hydrogen-bond donors (Lipinski definition) is 1. The lowest BCUT2D eigenvalue weighted by atomic mass is 10.1. The number of aliphatic hydroxyl groups is 1. The Bertz CT molecular complexity index is 394. The summed E-state index contributed by atoms with van der Waals surface area (Å²) in [6.07, 6.45) is 1.58. The summed E-state index contributed by atoms with van der Waals surface area (Å²) in [4.78, 5) is 5.23. The molecule has 74 valence electrons. The Kier molecular flexibility index (Phi) is 2.65. The lowest BCUT2D eigenvalue weighted by Gasteiger charge is -2.05. The number of hydrogen-bond acceptors (Lipinski definition) is 4. The standard InChI is InChI=1S/C10H11NO2S/c1-7-10(14-6-11-7)5-8(12)9-3-2-4-13-9/h2-4,6,8,12H,5H2,1H3. The third-order valence-electron chi connectivity index (χ3n) is 2.10. The summed E-state index contributed by atoms with van der Waals surface area (Å²) in [5.74, 6) is 0.609. The van der Waals surface area contributed by atoms with Crippen molar-refractivity contribution in [1.82, 2.24) is 4.98 Å².